The van der Waals surface area contributed by atoms with Gasteiger partial charge in [-0.05, 0) is 36.9 Å². The molecule has 6 nitrogen and oxygen atoms in total. The second kappa shape index (κ2) is 10.9. The summed E-state index contributed by atoms with van der Waals surface area (Å²) in [5, 5.41) is 3.71. The number of nitrogens with zero attached hydrogens (tertiary/aromatic N) is 1. The van der Waals surface area contributed by atoms with Gasteiger partial charge in [-0.3, -0.25) is 9.69 Å². The van der Waals surface area contributed by atoms with Crippen molar-refractivity contribution in [1.29, 1.82) is 0 Å². The fourth-order valence-corrected chi connectivity index (χ4v) is 3.61. The first-order chi connectivity index (χ1) is 14.0. The van der Waals surface area contributed by atoms with Crippen LogP contribution in [0.25, 0.3) is 0 Å². The monoisotopic (exact) mass is 420 g/mol. The zero-order chi connectivity index (χ0) is 21.4. The number of rotatable bonds is 10. The molecular weight excluding hydrogens is 392 g/mol. The van der Waals surface area contributed by atoms with E-state index in [0.29, 0.717) is 34.4 Å². The lowest BCUT2D eigenvalue weighted by atomic mass is 10.0. The standard InChI is InChI=1S/C22H29ClN2O4/c1-6-25(7-2)18(16-10-8-9-11-17(16)23)14-24-22(26)15-12-19(27-3)21(29-5)20(13-15)28-4/h8-13,18H,6-7,14H2,1-5H3,(H,24,26). The minimum atomic E-state index is -0.228. The Hall–Kier alpha value is -2.44. The molecule has 1 atom stereocenters. The minimum Gasteiger partial charge on any atom is -0.493 e. The molecule has 0 heterocycles. The molecule has 7 heteroatoms. The van der Waals surface area contributed by atoms with Crippen LogP contribution in [-0.4, -0.2) is 51.8 Å². The average molecular weight is 421 g/mol. The highest BCUT2D eigenvalue weighted by Gasteiger charge is 2.22. The Morgan fingerprint density at radius 1 is 1.03 bits per heavy atom. The van der Waals surface area contributed by atoms with Crippen molar-refractivity contribution in [2.75, 3.05) is 41.0 Å². The Kier molecular flexibility index (Phi) is 8.61. The summed E-state index contributed by atoms with van der Waals surface area (Å²) in [6, 6.07) is 11.0. The molecule has 0 aliphatic carbocycles. The molecule has 2 aromatic carbocycles. The number of methoxy groups -OCH3 is 3. The molecule has 0 aliphatic heterocycles. The summed E-state index contributed by atoms with van der Waals surface area (Å²) in [4.78, 5) is 15.1. The number of amides is 1. The van der Waals surface area contributed by atoms with E-state index >= 15 is 0 Å². The molecule has 0 bridgehead atoms. The molecular formula is C22H29ClN2O4. The topological polar surface area (TPSA) is 60.0 Å². The van der Waals surface area contributed by atoms with Crippen molar-refractivity contribution >= 4 is 17.5 Å². The summed E-state index contributed by atoms with van der Waals surface area (Å²) in [5.74, 6) is 1.09. The number of halogens is 1. The van der Waals surface area contributed by atoms with Gasteiger partial charge in [0.05, 0.1) is 27.4 Å². The van der Waals surface area contributed by atoms with Crippen LogP contribution in [0.2, 0.25) is 5.02 Å². The number of ether oxygens (including phenoxy) is 3. The lowest BCUT2D eigenvalue weighted by Gasteiger charge is -2.31. The van der Waals surface area contributed by atoms with E-state index in [2.05, 4.69) is 24.1 Å². The summed E-state index contributed by atoms with van der Waals surface area (Å²) in [7, 11) is 4.57. The predicted molar refractivity (Wildman–Crippen MR) is 116 cm³/mol. The molecule has 29 heavy (non-hydrogen) atoms. The van der Waals surface area contributed by atoms with E-state index in [4.69, 9.17) is 25.8 Å². The van der Waals surface area contributed by atoms with Crippen molar-refractivity contribution in [2.45, 2.75) is 19.9 Å². The van der Waals surface area contributed by atoms with Gasteiger partial charge >= 0.3 is 0 Å². The van der Waals surface area contributed by atoms with Gasteiger partial charge in [-0.1, -0.05) is 43.6 Å². The number of carbonyl (C=O) groups excluding carboxylic acids is 1. The van der Waals surface area contributed by atoms with Crippen LogP contribution >= 0.6 is 11.6 Å². The molecule has 158 valence electrons. The number of hydrogen-bond donors (Lipinski definition) is 1. The Bertz CT molecular complexity index is 799. The fraction of sp³-hybridized carbons (Fsp3) is 0.409. The smallest absolute Gasteiger partial charge is 0.251 e. The van der Waals surface area contributed by atoms with Crippen LogP contribution in [0.3, 0.4) is 0 Å². The molecule has 0 spiro atoms. The Balaban J connectivity index is 2.27. The number of carbonyl (C=O) groups is 1. The summed E-state index contributed by atoms with van der Waals surface area (Å²) in [5.41, 5.74) is 1.42. The second-order valence-corrected chi connectivity index (χ2v) is 6.79. The maximum absolute atomic E-state index is 12.9. The molecule has 0 fully saturated rings. The lowest BCUT2D eigenvalue weighted by Crippen LogP contribution is -2.38. The molecule has 0 aromatic heterocycles. The van der Waals surface area contributed by atoms with Crippen molar-refractivity contribution in [3.63, 3.8) is 0 Å². The third kappa shape index (κ3) is 5.34. The summed E-state index contributed by atoms with van der Waals surface area (Å²) < 4.78 is 16.0. The highest BCUT2D eigenvalue weighted by Crippen LogP contribution is 2.38. The largest absolute Gasteiger partial charge is 0.493 e. The van der Waals surface area contributed by atoms with Gasteiger partial charge in [0.1, 0.15) is 0 Å². The van der Waals surface area contributed by atoms with Crippen LogP contribution in [-0.2, 0) is 0 Å². The van der Waals surface area contributed by atoms with Crippen molar-refractivity contribution in [1.82, 2.24) is 10.2 Å². The lowest BCUT2D eigenvalue weighted by molar-refractivity contribution is 0.0934. The van der Waals surface area contributed by atoms with E-state index in [9.17, 15) is 4.79 Å². The molecule has 0 saturated heterocycles. The van der Waals surface area contributed by atoms with E-state index in [-0.39, 0.29) is 11.9 Å². The molecule has 1 amide bonds. The zero-order valence-electron chi connectivity index (χ0n) is 17.6. The first kappa shape index (κ1) is 22.8. The number of nitrogens with one attached hydrogen (secondary N) is 1. The van der Waals surface area contributed by atoms with Crippen molar-refractivity contribution in [3.8, 4) is 17.2 Å². The van der Waals surface area contributed by atoms with Gasteiger partial charge in [-0.15, -0.1) is 0 Å². The molecule has 0 saturated carbocycles. The van der Waals surface area contributed by atoms with Crippen LogP contribution in [0.4, 0.5) is 0 Å². The summed E-state index contributed by atoms with van der Waals surface area (Å²) in [6.07, 6.45) is 0. The van der Waals surface area contributed by atoms with Crippen LogP contribution < -0.4 is 19.5 Å². The van der Waals surface area contributed by atoms with Crippen LogP contribution in [0.15, 0.2) is 36.4 Å². The van der Waals surface area contributed by atoms with Gasteiger partial charge in [0.15, 0.2) is 11.5 Å². The van der Waals surface area contributed by atoms with Crippen LogP contribution in [0, 0.1) is 0 Å². The third-order valence-corrected chi connectivity index (χ3v) is 5.24. The van der Waals surface area contributed by atoms with Gasteiger partial charge in [0.25, 0.3) is 5.91 Å². The highest BCUT2D eigenvalue weighted by atomic mass is 35.5. The van der Waals surface area contributed by atoms with Crippen LogP contribution in [0.5, 0.6) is 17.2 Å². The quantitative estimate of drug-likeness (QED) is 0.624. The molecule has 1 N–H and O–H groups in total. The van der Waals surface area contributed by atoms with Gasteiger partial charge in [-0.2, -0.15) is 0 Å². The maximum atomic E-state index is 12.9. The van der Waals surface area contributed by atoms with E-state index in [1.807, 2.05) is 24.3 Å². The molecule has 0 aliphatic rings. The zero-order valence-corrected chi connectivity index (χ0v) is 18.4. The number of benzene rings is 2. The second-order valence-electron chi connectivity index (χ2n) is 6.38. The fourth-order valence-electron chi connectivity index (χ4n) is 3.35. The Labute approximate surface area is 177 Å². The number of hydrogen-bond acceptors (Lipinski definition) is 5. The Morgan fingerprint density at radius 3 is 2.10 bits per heavy atom. The van der Waals surface area contributed by atoms with Crippen molar-refractivity contribution in [3.05, 3.63) is 52.5 Å². The molecule has 2 rings (SSSR count). The highest BCUT2D eigenvalue weighted by molar-refractivity contribution is 6.31. The molecule has 2 aromatic rings. The van der Waals surface area contributed by atoms with Gasteiger partial charge in [-0.25, -0.2) is 0 Å². The van der Waals surface area contributed by atoms with Crippen molar-refractivity contribution in [2.24, 2.45) is 0 Å². The predicted octanol–water partition coefficient (Wildman–Crippen LogP) is 4.18. The first-order valence-corrected chi connectivity index (χ1v) is 9.95. The normalized spacial score (nSPS) is 11.8. The van der Waals surface area contributed by atoms with Gasteiger partial charge in [0.2, 0.25) is 5.75 Å². The van der Waals surface area contributed by atoms with Gasteiger partial charge in [0, 0.05) is 17.1 Å². The summed E-state index contributed by atoms with van der Waals surface area (Å²) >= 11 is 6.44. The maximum Gasteiger partial charge on any atom is 0.251 e. The van der Waals surface area contributed by atoms with E-state index in [1.165, 1.54) is 21.3 Å². The number of likely N-dealkylation sites (N-methyl/N-ethyl adjacent to an activating group) is 1. The molecule has 0 radical (unpaired) electrons. The first-order valence-electron chi connectivity index (χ1n) is 9.57. The average Bonchev–Trinajstić information content (AvgIpc) is 2.75. The van der Waals surface area contributed by atoms with Crippen molar-refractivity contribution < 1.29 is 19.0 Å². The van der Waals surface area contributed by atoms with Gasteiger partial charge < -0.3 is 19.5 Å². The SMILES string of the molecule is CCN(CC)C(CNC(=O)c1cc(OC)c(OC)c(OC)c1)c1ccccc1Cl. The van der Waals surface area contributed by atoms with E-state index in [1.54, 1.807) is 12.1 Å². The minimum absolute atomic E-state index is 0.0373. The third-order valence-electron chi connectivity index (χ3n) is 4.90. The summed E-state index contributed by atoms with van der Waals surface area (Å²) in [6.45, 7) is 6.28. The molecule has 1 unspecified atom stereocenters. The van der Waals surface area contributed by atoms with E-state index < -0.39 is 0 Å². The van der Waals surface area contributed by atoms with Crippen LogP contribution in [0.1, 0.15) is 35.8 Å². The Morgan fingerprint density at radius 2 is 1.62 bits per heavy atom. The van der Waals surface area contributed by atoms with E-state index in [0.717, 1.165) is 18.7 Å².